The van der Waals surface area contributed by atoms with E-state index in [1.165, 1.54) is 11.2 Å². The monoisotopic (exact) mass is 320 g/mol. The number of anilines is 1. The van der Waals surface area contributed by atoms with E-state index in [0.717, 1.165) is 31.5 Å². The van der Waals surface area contributed by atoms with Crippen molar-refractivity contribution in [2.75, 3.05) is 18.0 Å². The van der Waals surface area contributed by atoms with Gasteiger partial charge in [0.1, 0.15) is 12.3 Å². The lowest BCUT2D eigenvalue weighted by Gasteiger charge is -2.24. The van der Waals surface area contributed by atoms with Crippen LogP contribution < -0.4 is 4.90 Å². The molecule has 1 aromatic heterocycles. The van der Waals surface area contributed by atoms with E-state index in [1.54, 1.807) is 24.3 Å². The summed E-state index contributed by atoms with van der Waals surface area (Å²) < 4.78 is 0. The van der Waals surface area contributed by atoms with Crippen molar-refractivity contribution in [3.63, 3.8) is 0 Å². The van der Waals surface area contributed by atoms with Crippen LogP contribution in [0.3, 0.4) is 0 Å². The van der Waals surface area contributed by atoms with E-state index in [-0.39, 0.29) is 6.54 Å². The van der Waals surface area contributed by atoms with E-state index in [4.69, 9.17) is 11.6 Å². The van der Waals surface area contributed by atoms with Gasteiger partial charge in [-0.1, -0.05) is 34.0 Å². The summed E-state index contributed by atoms with van der Waals surface area (Å²) in [7, 11) is 0. The molecule has 0 spiro atoms. The molecule has 116 valence electrons. The summed E-state index contributed by atoms with van der Waals surface area (Å²) in [5, 5.41) is 25.7. The van der Waals surface area contributed by atoms with Gasteiger partial charge in [0.05, 0.1) is 0 Å². The molecule has 0 aliphatic carbocycles. The number of benzene rings is 1. The molecule has 1 aliphatic heterocycles. The Labute approximate surface area is 133 Å². The van der Waals surface area contributed by atoms with Crippen LogP contribution in [0.25, 0.3) is 0 Å². The molecule has 0 unspecified atom stereocenters. The van der Waals surface area contributed by atoms with Gasteiger partial charge in [-0.2, -0.15) is 4.80 Å². The second-order valence-corrected chi connectivity index (χ2v) is 5.66. The number of nitrogens with zero attached hydrogens (tertiary/aromatic N) is 6. The lowest BCUT2D eigenvalue weighted by atomic mass is 10.1. The molecule has 22 heavy (non-hydrogen) atoms. The third-order valence-corrected chi connectivity index (χ3v) is 3.92. The van der Waals surface area contributed by atoms with Crippen molar-refractivity contribution < 1.29 is 5.21 Å². The van der Waals surface area contributed by atoms with Crippen LogP contribution in [0, 0.1) is 0 Å². The predicted molar refractivity (Wildman–Crippen MR) is 83.7 cm³/mol. The third-order valence-electron chi connectivity index (χ3n) is 3.67. The normalized spacial score (nSPS) is 16.0. The number of hydrogen-bond acceptors (Lipinski definition) is 6. The summed E-state index contributed by atoms with van der Waals surface area (Å²) in [5.74, 6) is 0.632. The van der Waals surface area contributed by atoms with Crippen molar-refractivity contribution in [1.29, 1.82) is 0 Å². The first kappa shape index (κ1) is 14.8. The first-order valence-electron chi connectivity index (χ1n) is 7.26. The Balaban J connectivity index is 1.71. The highest BCUT2D eigenvalue weighted by Gasteiger charge is 2.16. The maximum absolute atomic E-state index is 9.22. The number of aromatic nitrogens is 4. The van der Waals surface area contributed by atoms with Crippen LogP contribution in [0.15, 0.2) is 29.4 Å². The molecule has 1 N–H and O–H groups in total. The molecule has 2 aromatic rings. The van der Waals surface area contributed by atoms with Gasteiger partial charge in [0.2, 0.25) is 0 Å². The van der Waals surface area contributed by atoms with Gasteiger partial charge in [-0.25, -0.2) is 0 Å². The van der Waals surface area contributed by atoms with Crippen LogP contribution in [-0.4, -0.2) is 44.2 Å². The van der Waals surface area contributed by atoms with Gasteiger partial charge in [-0.3, -0.25) is 0 Å². The SMILES string of the molecule is O/N=C(/Cn1nnc(N2CCCCC2)n1)c1ccc(Cl)cc1. The molecule has 1 aliphatic rings. The van der Waals surface area contributed by atoms with E-state index in [0.29, 0.717) is 16.7 Å². The molecule has 3 rings (SSSR count). The number of tetrazole rings is 1. The molecule has 0 radical (unpaired) electrons. The molecular formula is C14H17ClN6O. The fourth-order valence-corrected chi connectivity index (χ4v) is 2.61. The standard InChI is InChI=1S/C14H17ClN6O/c15-12-6-4-11(5-7-12)13(18-22)10-21-17-14(16-19-21)20-8-2-1-3-9-20/h4-7,22H,1-3,8-10H2/b18-13-. The third kappa shape index (κ3) is 3.36. The van der Waals surface area contributed by atoms with E-state index in [2.05, 4.69) is 25.5 Å². The summed E-state index contributed by atoms with van der Waals surface area (Å²) in [6.45, 7) is 2.17. The first-order chi connectivity index (χ1) is 10.8. The highest BCUT2D eigenvalue weighted by atomic mass is 35.5. The van der Waals surface area contributed by atoms with Crippen molar-refractivity contribution in [2.45, 2.75) is 25.8 Å². The van der Waals surface area contributed by atoms with Gasteiger partial charge >= 0.3 is 0 Å². The second-order valence-electron chi connectivity index (χ2n) is 5.22. The zero-order valence-electron chi connectivity index (χ0n) is 12.1. The predicted octanol–water partition coefficient (Wildman–Crippen LogP) is 2.20. The topological polar surface area (TPSA) is 79.4 Å². The van der Waals surface area contributed by atoms with Gasteiger partial charge in [0, 0.05) is 23.7 Å². The van der Waals surface area contributed by atoms with Gasteiger partial charge < -0.3 is 10.1 Å². The average molecular weight is 321 g/mol. The summed E-state index contributed by atoms with van der Waals surface area (Å²) in [4.78, 5) is 3.57. The Morgan fingerprint density at radius 1 is 1.18 bits per heavy atom. The average Bonchev–Trinajstić information content (AvgIpc) is 3.03. The van der Waals surface area contributed by atoms with Crippen LogP contribution in [-0.2, 0) is 6.54 Å². The Morgan fingerprint density at radius 3 is 2.59 bits per heavy atom. The molecule has 0 amide bonds. The fraction of sp³-hybridized carbons (Fsp3) is 0.429. The highest BCUT2D eigenvalue weighted by Crippen LogP contribution is 2.15. The molecule has 1 aromatic carbocycles. The number of halogens is 1. The van der Waals surface area contributed by atoms with Crippen molar-refractivity contribution >= 4 is 23.3 Å². The van der Waals surface area contributed by atoms with Crippen LogP contribution in [0.1, 0.15) is 24.8 Å². The van der Waals surface area contributed by atoms with Gasteiger partial charge in [-0.15, -0.1) is 5.10 Å². The van der Waals surface area contributed by atoms with E-state index in [1.807, 2.05) is 0 Å². The summed E-state index contributed by atoms with van der Waals surface area (Å²) in [5.41, 5.74) is 1.22. The van der Waals surface area contributed by atoms with Crippen molar-refractivity contribution in [3.8, 4) is 0 Å². The first-order valence-corrected chi connectivity index (χ1v) is 7.63. The lowest BCUT2D eigenvalue weighted by Crippen LogP contribution is -2.30. The van der Waals surface area contributed by atoms with Gasteiger partial charge in [0.15, 0.2) is 0 Å². The Morgan fingerprint density at radius 2 is 1.91 bits per heavy atom. The largest absolute Gasteiger partial charge is 0.411 e. The number of hydrogen-bond donors (Lipinski definition) is 1. The summed E-state index contributed by atoms with van der Waals surface area (Å²) in [6.07, 6.45) is 3.56. The Kier molecular flexibility index (Phi) is 4.53. The molecule has 0 atom stereocenters. The Bertz CT molecular complexity index is 648. The van der Waals surface area contributed by atoms with Crippen molar-refractivity contribution in [2.24, 2.45) is 5.16 Å². The minimum atomic E-state index is 0.249. The minimum absolute atomic E-state index is 0.249. The molecular weight excluding hydrogens is 304 g/mol. The van der Waals surface area contributed by atoms with E-state index >= 15 is 0 Å². The molecule has 2 heterocycles. The molecule has 8 heteroatoms. The second kappa shape index (κ2) is 6.74. The summed E-state index contributed by atoms with van der Waals surface area (Å²) in [6, 6.07) is 7.08. The summed E-state index contributed by atoms with van der Waals surface area (Å²) >= 11 is 5.86. The minimum Gasteiger partial charge on any atom is -0.411 e. The van der Waals surface area contributed by atoms with E-state index < -0.39 is 0 Å². The molecule has 1 fully saturated rings. The maximum Gasteiger partial charge on any atom is 0.266 e. The number of piperidine rings is 1. The van der Waals surface area contributed by atoms with Crippen molar-refractivity contribution in [3.05, 3.63) is 34.9 Å². The maximum atomic E-state index is 9.22. The quantitative estimate of drug-likeness (QED) is 0.530. The smallest absolute Gasteiger partial charge is 0.266 e. The molecule has 0 bridgehead atoms. The van der Waals surface area contributed by atoms with Gasteiger partial charge in [-0.05, 0) is 36.6 Å². The van der Waals surface area contributed by atoms with E-state index in [9.17, 15) is 5.21 Å². The van der Waals surface area contributed by atoms with Crippen LogP contribution in [0.2, 0.25) is 5.02 Å². The van der Waals surface area contributed by atoms with Crippen LogP contribution >= 0.6 is 11.6 Å². The molecule has 1 saturated heterocycles. The zero-order valence-corrected chi connectivity index (χ0v) is 12.8. The highest BCUT2D eigenvalue weighted by molar-refractivity contribution is 6.30. The number of oxime groups is 1. The van der Waals surface area contributed by atoms with Crippen LogP contribution in [0.5, 0.6) is 0 Å². The zero-order chi connectivity index (χ0) is 15.4. The Hall–Kier alpha value is -2.15. The van der Waals surface area contributed by atoms with Crippen molar-refractivity contribution in [1.82, 2.24) is 20.2 Å². The lowest BCUT2D eigenvalue weighted by molar-refractivity contribution is 0.316. The number of rotatable bonds is 4. The fourth-order valence-electron chi connectivity index (χ4n) is 2.48. The molecule has 0 saturated carbocycles. The van der Waals surface area contributed by atoms with Gasteiger partial charge in [0.25, 0.3) is 5.95 Å². The molecule has 7 nitrogen and oxygen atoms in total. The van der Waals surface area contributed by atoms with Crippen LogP contribution in [0.4, 0.5) is 5.95 Å².